The summed E-state index contributed by atoms with van der Waals surface area (Å²) in [7, 11) is 0. The molecule has 4 heteroatoms. The minimum atomic E-state index is -0.476. The van der Waals surface area contributed by atoms with Gasteiger partial charge in [-0.05, 0) is 44.0 Å². The van der Waals surface area contributed by atoms with Crippen LogP contribution in [0.1, 0.15) is 28.8 Å². The number of aryl methyl sites for hydroxylation is 1. The average molecular weight is 224 g/mol. The Bertz CT molecular complexity index is 366. The number of hydrogen-bond donors (Lipinski definition) is 2. The number of carbonyl (C=O) groups excluding carboxylic acids is 1. The van der Waals surface area contributed by atoms with Gasteiger partial charge in [-0.25, -0.2) is 4.39 Å². The lowest BCUT2D eigenvalue weighted by Crippen LogP contribution is -2.25. The Morgan fingerprint density at radius 1 is 1.44 bits per heavy atom. The molecular formula is C12H17FN2O. The average Bonchev–Trinajstić information content (AvgIpc) is 2.24. The maximum absolute atomic E-state index is 13.4. The molecule has 0 aliphatic carbocycles. The highest BCUT2D eigenvalue weighted by atomic mass is 19.1. The third kappa shape index (κ3) is 3.62. The Morgan fingerprint density at radius 3 is 2.81 bits per heavy atom. The van der Waals surface area contributed by atoms with Crippen molar-refractivity contribution < 1.29 is 9.18 Å². The quantitative estimate of drug-likeness (QED) is 0.746. The molecule has 1 aromatic rings. The first-order chi connectivity index (χ1) is 7.65. The van der Waals surface area contributed by atoms with Gasteiger partial charge < -0.3 is 11.1 Å². The van der Waals surface area contributed by atoms with Crippen LogP contribution in [0.4, 0.5) is 4.39 Å². The zero-order valence-electron chi connectivity index (χ0n) is 9.42. The van der Waals surface area contributed by atoms with Crippen LogP contribution >= 0.6 is 0 Å². The second kappa shape index (κ2) is 6.23. The molecule has 0 aliphatic rings. The van der Waals surface area contributed by atoms with E-state index in [4.69, 9.17) is 5.73 Å². The molecule has 1 rings (SSSR count). The predicted molar refractivity (Wildman–Crippen MR) is 61.8 cm³/mol. The third-order valence-electron chi connectivity index (χ3n) is 2.29. The molecular weight excluding hydrogens is 207 g/mol. The highest BCUT2D eigenvalue weighted by Crippen LogP contribution is 2.09. The van der Waals surface area contributed by atoms with Crippen LogP contribution in [0.25, 0.3) is 0 Å². The molecule has 0 bridgehead atoms. The van der Waals surface area contributed by atoms with Crippen LogP contribution < -0.4 is 11.1 Å². The Labute approximate surface area is 94.8 Å². The molecule has 0 saturated heterocycles. The van der Waals surface area contributed by atoms with Crippen molar-refractivity contribution in [3.63, 3.8) is 0 Å². The predicted octanol–water partition coefficient (Wildman–Crippen LogP) is 1.60. The molecule has 3 nitrogen and oxygen atoms in total. The molecule has 1 aromatic carbocycles. The summed E-state index contributed by atoms with van der Waals surface area (Å²) in [6.07, 6.45) is 1.67. The molecule has 0 aliphatic heterocycles. The van der Waals surface area contributed by atoms with Gasteiger partial charge in [-0.15, -0.1) is 0 Å². The van der Waals surface area contributed by atoms with Crippen LogP contribution in [-0.2, 0) is 0 Å². The maximum Gasteiger partial charge on any atom is 0.254 e. The van der Waals surface area contributed by atoms with Crippen molar-refractivity contribution in [3.05, 3.63) is 35.1 Å². The zero-order chi connectivity index (χ0) is 12.0. The molecule has 16 heavy (non-hydrogen) atoms. The van der Waals surface area contributed by atoms with E-state index in [0.29, 0.717) is 13.1 Å². The molecule has 0 heterocycles. The van der Waals surface area contributed by atoms with E-state index in [1.807, 2.05) is 0 Å². The lowest BCUT2D eigenvalue weighted by Gasteiger charge is -2.06. The van der Waals surface area contributed by atoms with E-state index >= 15 is 0 Å². The van der Waals surface area contributed by atoms with E-state index in [1.54, 1.807) is 13.0 Å². The number of unbranched alkanes of at least 4 members (excludes halogenated alkanes) is 1. The zero-order valence-corrected chi connectivity index (χ0v) is 9.42. The van der Waals surface area contributed by atoms with Gasteiger partial charge in [-0.2, -0.15) is 0 Å². The Kier molecular flexibility index (Phi) is 4.92. The summed E-state index contributed by atoms with van der Waals surface area (Å²) in [5, 5.41) is 2.66. The Hall–Kier alpha value is -1.42. The molecule has 0 fully saturated rings. The molecule has 0 unspecified atom stereocenters. The van der Waals surface area contributed by atoms with Crippen molar-refractivity contribution in [3.8, 4) is 0 Å². The van der Waals surface area contributed by atoms with Crippen LogP contribution in [0, 0.1) is 12.7 Å². The van der Waals surface area contributed by atoms with E-state index in [9.17, 15) is 9.18 Å². The molecule has 3 N–H and O–H groups in total. The van der Waals surface area contributed by atoms with Crippen LogP contribution in [0.5, 0.6) is 0 Å². The fourth-order valence-corrected chi connectivity index (χ4v) is 1.37. The van der Waals surface area contributed by atoms with Crippen LogP contribution in [0.3, 0.4) is 0 Å². The fourth-order valence-electron chi connectivity index (χ4n) is 1.37. The number of benzene rings is 1. The van der Waals surface area contributed by atoms with Crippen molar-refractivity contribution in [2.75, 3.05) is 13.1 Å². The highest BCUT2D eigenvalue weighted by Gasteiger charge is 2.10. The molecule has 0 radical (unpaired) electrons. The van der Waals surface area contributed by atoms with Gasteiger partial charge in [0.2, 0.25) is 0 Å². The minimum Gasteiger partial charge on any atom is -0.352 e. The normalized spacial score (nSPS) is 10.2. The Balaban J connectivity index is 2.53. The first-order valence-electron chi connectivity index (χ1n) is 5.39. The first kappa shape index (κ1) is 12.6. The standard InChI is InChI=1S/C12H17FN2O/c1-9-4-5-10(11(13)8-9)12(16)15-7-3-2-6-14/h4-5,8H,2-3,6-7,14H2,1H3,(H,15,16). The monoisotopic (exact) mass is 224 g/mol. The van der Waals surface area contributed by atoms with E-state index in [-0.39, 0.29) is 11.5 Å². The molecule has 0 aromatic heterocycles. The van der Waals surface area contributed by atoms with Gasteiger partial charge >= 0.3 is 0 Å². The van der Waals surface area contributed by atoms with Gasteiger partial charge in [0.1, 0.15) is 5.82 Å². The van der Waals surface area contributed by atoms with E-state index in [2.05, 4.69) is 5.32 Å². The number of hydrogen-bond acceptors (Lipinski definition) is 2. The van der Waals surface area contributed by atoms with E-state index in [1.165, 1.54) is 12.1 Å². The summed E-state index contributed by atoms with van der Waals surface area (Å²) in [6, 6.07) is 4.58. The van der Waals surface area contributed by atoms with Gasteiger partial charge in [0.05, 0.1) is 5.56 Å². The Morgan fingerprint density at radius 2 is 2.19 bits per heavy atom. The largest absolute Gasteiger partial charge is 0.352 e. The van der Waals surface area contributed by atoms with Crippen LogP contribution in [0.15, 0.2) is 18.2 Å². The number of amides is 1. The lowest BCUT2D eigenvalue weighted by atomic mass is 10.1. The minimum absolute atomic E-state index is 0.0957. The molecule has 88 valence electrons. The molecule has 0 saturated carbocycles. The SMILES string of the molecule is Cc1ccc(C(=O)NCCCCN)c(F)c1. The number of halogens is 1. The summed E-state index contributed by atoms with van der Waals surface area (Å²) >= 11 is 0. The highest BCUT2D eigenvalue weighted by molar-refractivity contribution is 5.94. The first-order valence-corrected chi connectivity index (χ1v) is 5.39. The summed E-state index contributed by atoms with van der Waals surface area (Å²) in [6.45, 7) is 2.92. The van der Waals surface area contributed by atoms with Gasteiger partial charge in [0.15, 0.2) is 0 Å². The van der Waals surface area contributed by atoms with Gasteiger partial charge in [-0.3, -0.25) is 4.79 Å². The van der Waals surface area contributed by atoms with Gasteiger partial charge in [0, 0.05) is 6.54 Å². The van der Waals surface area contributed by atoms with E-state index < -0.39 is 5.82 Å². The summed E-state index contributed by atoms with van der Waals surface area (Å²) in [5.74, 6) is -0.842. The van der Waals surface area contributed by atoms with Crippen molar-refractivity contribution in [1.29, 1.82) is 0 Å². The van der Waals surface area contributed by atoms with Crippen LogP contribution in [0.2, 0.25) is 0 Å². The van der Waals surface area contributed by atoms with Crippen LogP contribution in [-0.4, -0.2) is 19.0 Å². The lowest BCUT2D eigenvalue weighted by molar-refractivity contribution is 0.0949. The maximum atomic E-state index is 13.4. The molecule has 0 spiro atoms. The number of nitrogens with two attached hydrogens (primary N) is 1. The van der Waals surface area contributed by atoms with Crippen molar-refractivity contribution in [1.82, 2.24) is 5.32 Å². The molecule has 0 atom stereocenters. The van der Waals surface area contributed by atoms with Gasteiger partial charge in [-0.1, -0.05) is 6.07 Å². The third-order valence-corrected chi connectivity index (χ3v) is 2.29. The van der Waals surface area contributed by atoms with E-state index in [0.717, 1.165) is 18.4 Å². The van der Waals surface area contributed by atoms with Crippen molar-refractivity contribution >= 4 is 5.91 Å². The number of carbonyl (C=O) groups is 1. The number of rotatable bonds is 5. The van der Waals surface area contributed by atoms with Gasteiger partial charge in [0.25, 0.3) is 5.91 Å². The second-order valence-corrected chi connectivity index (χ2v) is 3.73. The van der Waals surface area contributed by atoms with Crippen molar-refractivity contribution in [2.45, 2.75) is 19.8 Å². The summed E-state index contributed by atoms with van der Waals surface area (Å²) in [5.41, 5.74) is 6.22. The second-order valence-electron chi connectivity index (χ2n) is 3.73. The summed E-state index contributed by atoms with van der Waals surface area (Å²) in [4.78, 5) is 11.6. The fraction of sp³-hybridized carbons (Fsp3) is 0.417. The number of nitrogens with one attached hydrogen (secondary N) is 1. The molecule has 1 amide bonds. The topological polar surface area (TPSA) is 55.1 Å². The smallest absolute Gasteiger partial charge is 0.254 e. The summed E-state index contributed by atoms with van der Waals surface area (Å²) < 4.78 is 13.4. The van der Waals surface area contributed by atoms with Crippen molar-refractivity contribution in [2.24, 2.45) is 5.73 Å².